The molecule has 3 aromatic rings. The molecule has 1 aliphatic heterocycles. The lowest BCUT2D eigenvalue weighted by Gasteiger charge is -2.42. The van der Waals surface area contributed by atoms with Gasteiger partial charge in [0.2, 0.25) is 5.91 Å². The van der Waals surface area contributed by atoms with E-state index in [0.29, 0.717) is 11.6 Å². The predicted octanol–water partition coefficient (Wildman–Crippen LogP) is 4.11. The third kappa shape index (κ3) is 5.03. The monoisotopic (exact) mass is 418 g/mol. The van der Waals surface area contributed by atoms with Gasteiger partial charge in [0.15, 0.2) is 5.82 Å². The van der Waals surface area contributed by atoms with Crippen molar-refractivity contribution in [1.29, 1.82) is 0 Å². The van der Waals surface area contributed by atoms with E-state index in [4.69, 9.17) is 4.52 Å². The van der Waals surface area contributed by atoms with Crippen LogP contribution in [0.4, 0.5) is 5.82 Å². The highest BCUT2D eigenvalue weighted by molar-refractivity contribution is 5.94. The number of piperazine rings is 1. The van der Waals surface area contributed by atoms with E-state index in [0.717, 1.165) is 32.6 Å². The maximum Gasteiger partial charge on any atom is 0.242 e. The van der Waals surface area contributed by atoms with Crippen LogP contribution in [0.15, 0.2) is 71.3 Å². The Morgan fingerprint density at radius 3 is 2.00 bits per heavy atom. The Balaban J connectivity index is 1.45. The lowest BCUT2D eigenvalue weighted by molar-refractivity contribution is -0.122. The molecule has 1 unspecified atom stereocenters. The summed E-state index contributed by atoms with van der Waals surface area (Å²) >= 11 is 0. The first-order chi connectivity index (χ1) is 15.2. The van der Waals surface area contributed by atoms with Gasteiger partial charge in [-0.1, -0.05) is 72.7 Å². The number of aryl methyl sites for hydroxylation is 1. The van der Waals surface area contributed by atoms with Gasteiger partial charge in [-0.25, -0.2) is 0 Å². The number of amides is 1. The Kier molecular flexibility index (Phi) is 6.79. The first kappa shape index (κ1) is 21.3. The number of nitrogens with zero attached hydrogens (tertiary/aromatic N) is 3. The quantitative estimate of drug-likeness (QED) is 0.626. The molecule has 1 saturated heterocycles. The highest BCUT2D eigenvalue weighted by Gasteiger charge is 2.31. The molecule has 1 amide bonds. The number of hydrogen-bond acceptors (Lipinski definition) is 5. The van der Waals surface area contributed by atoms with Crippen molar-refractivity contribution >= 4 is 11.7 Å². The van der Waals surface area contributed by atoms with Crippen molar-refractivity contribution in [2.24, 2.45) is 0 Å². The van der Waals surface area contributed by atoms with Crippen LogP contribution in [0.1, 0.15) is 36.3 Å². The number of rotatable bonds is 7. The van der Waals surface area contributed by atoms with E-state index in [2.05, 4.69) is 87.9 Å². The van der Waals surface area contributed by atoms with E-state index in [1.807, 2.05) is 6.92 Å². The number of hydrogen-bond donors (Lipinski definition) is 1. The fourth-order valence-corrected chi connectivity index (χ4v) is 4.44. The maximum absolute atomic E-state index is 12.9. The summed E-state index contributed by atoms with van der Waals surface area (Å²) in [7, 11) is 0. The molecule has 0 radical (unpaired) electrons. The largest absolute Gasteiger partial charge is 0.360 e. The van der Waals surface area contributed by atoms with Crippen LogP contribution in [-0.2, 0) is 4.79 Å². The van der Waals surface area contributed by atoms with Crippen molar-refractivity contribution < 1.29 is 9.32 Å². The Bertz CT molecular complexity index is 926. The highest BCUT2D eigenvalue weighted by Crippen LogP contribution is 2.30. The Labute approximate surface area is 183 Å². The minimum atomic E-state index is -0.175. The average molecular weight is 419 g/mol. The third-order valence-electron chi connectivity index (χ3n) is 5.95. The topological polar surface area (TPSA) is 61.6 Å². The maximum atomic E-state index is 12.9. The third-order valence-corrected chi connectivity index (χ3v) is 5.95. The molecule has 1 atom stereocenters. The molecule has 1 aliphatic rings. The zero-order valence-corrected chi connectivity index (χ0v) is 18.2. The van der Waals surface area contributed by atoms with Gasteiger partial charge in [-0.3, -0.25) is 14.6 Å². The molecule has 2 aromatic carbocycles. The smallest absolute Gasteiger partial charge is 0.242 e. The van der Waals surface area contributed by atoms with Crippen LogP contribution < -0.4 is 5.32 Å². The van der Waals surface area contributed by atoms with Gasteiger partial charge in [0.05, 0.1) is 12.1 Å². The molecule has 0 spiro atoms. The lowest BCUT2D eigenvalue weighted by atomic mass is 9.96. The van der Waals surface area contributed by atoms with Gasteiger partial charge in [0, 0.05) is 32.2 Å². The van der Waals surface area contributed by atoms with E-state index in [1.54, 1.807) is 6.07 Å². The van der Waals surface area contributed by atoms with Crippen LogP contribution in [0.2, 0.25) is 0 Å². The molecule has 0 aliphatic carbocycles. The van der Waals surface area contributed by atoms with Crippen LogP contribution in [0.5, 0.6) is 0 Å². The van der Waals surface area contributed by atoms with E-state index in [1.165, 1.54) is 11.1 Å². The zero-order valence-electron chi connectivity index (χ0n) is 18.2. The molecule has 2 heterocycles. The fraction of sp³-hybridized carbons (Fsp3) is 0.360. The fourth-order valence-electron chi connectivity index (χ4n) is 4.44. The van der Waals surface area contributed by atoms with Gasteiger partial charge in [0.1, 0.15) is 5.76 Å². The highest BCUT2D eigenvalue weighted by atomic mass is 16.5. The molecule has 1 fully saturated rings. The SMILES string of the molecule is CCC(C(=O)Nc1cc(C)on1)N1CCN(C(c2ccccc2)c2ccccc2)CC1. The van der Waals surface area contributed by atoms with Crippen LogP contribution >= 0.6 is 0 Å². The van der Waals surface area contributed by atoms with E-state index in [-0.39, 0.29) is 18.0 Å². The summed E-state index contributed by atoms with van der Waals surface area (Å²) in [6, 6.07) is 23.1. The van der Waals surface area contributed by atoms with Crippen molar-refractivity contribution in [1.82, 2.24) is 15.0 Å². The lowest BCUT2D eigenvalue weighted by Crippen LogP contribution is -2.54. The molecule has 162 valence electrons. The van der Waals surface area contributed by atoms with Crippen LogP contribution in [-0.4, -0.2) is 53.1 Å². The van der Waals surface area contributed by atoms with Crippen LogP contribution in [0.25, 0.3) is 0 Å². The molecule has 6 nitrogen and oxygen atoms in total. The summed E-state index contributed by atoms with van der Waals surface area (Å²) in [4.78, 5) is 17.7. The zero-order chi connectivity index (χ0) is 21.6. The molecule has 4 rings (SSSR count). The molecule has 31 heavy (non-hydrogen) atoms. The summed E-state index contributed by atoms with van der Waals surface area (Å²) in [6.07, 6.45) is 0.753. The summed E-state index contributed by atoms with van der Waals surface area (Å²) in [5.41, 5.74) is 2.60. The number of benzene rings is 2. The number of carbonyl (C=O) groups is 1. The Morgan fingerprint density at radius 2 is 1.52 bits per heavy atom. The van der Waals surface area contributed by atoms with Gasteiger partial charge in [0.25, 0.3) is 0 Å². The molecule has 6 heteroatoms. The van der Waals surface area contributed by atoms with Gasteiger partial charge < -0.3 is 9.84 Å². The second kappa shape index (κ2) is 9.90. The summed E-state index contributed by atoms with van der Waals surface area (Å²) in [5, 5.41) is 6.78. The molecule has 0 bridgehead atoms. The molecule has 1 N–H and O–H groups in total. The van der Waals surface area contributed by atoms with E-state index >= 15 is 0 Å². The van der Waals surface area contributed by atoms with Crippen molar-refractivity contribution in [3.8, 4) is 0 Å². The Hall–Kier alpha value is -2.96. The van der Waals surface area contributed by atoms with Crippen LogP contribution in [0.3, 0.4) is 0 Å². The van der Waals surface area contributed by atoms with E-state index in [9.17, 15) is 4.79 Å². The minimum absolute atomic E-state index is 0.0214. The van der Waals surface area contributed by atoms with Gasteiger partial charge in [-0.05, 0) is 24.5 Å². The normalized spacial score (nSPS) is 16.4. The van der Waals surface area contributed by atoms with Crippen molar-refractivity contribution in [3.63, 3.8) is 0 Å². The van der Waals surface area contributed by atoms with Crippen molar-refractivity contribution in [2.75, 3.05) is 31.5 Å². The molecular formula is C25H30N4O2. The molecule has 0 saturated carbocycles. The molecular weight excluding hydrogens is 388 g/mol. The van der Waals surface area contributed by atoms with Crippen molar-refractivity contribution in [3.05, 3.63) is 83.6 Å². The summed E-state index contributed by atoms with van der Waals surface area (Å²) < 4.78 is 5.06. The average Bonchev–Trinajstić information content (AvgIpc) is 3.21. The standard InChI is InChI=1S/C25H30N4O2/c1-3-22(25(30)26-23-18-19(2)31-27-23)28-14-16-29(17-15-28)24(20-10-6-4-7-11-20)21-12-8-5-9-13-21/h4-13,18,22,24H,3,14-17H2,1-2H3,(H,26,27,30). The second-order valence-corrected chi connectivity index (χ2v) is 8.03. The van der Waals surface area contributed by atoms with E-state index < -0.39 is 0 Å². The van der Waals surface area contributed by atoms with Gasteiger partial charge in [-0.15, -0.1) is 0 Å². The second-order valence-electron chi connectivity index (χ2n) is 8.03. The number of anilines is 1. The first-order valence-corrected chi connectivity index (χ1v) is 11.0. The molecule has 1 aromatic heterocycles. The number of carbonyl (C=O) groups excluding carboxylic acids is 1. The summed E-state index contributed by atoms with van der Waals surface area (Å²) in [5.74, 6) is 1.14. The van der Waals surface area contributed by atoms with Gasteiger partial charge in [-0.2, -0.15) is 0 Å². The number of nitrogens with one attached hydrogen (secondary N) is 1. The Morgan fingerprint density at radius 1 is 0.968 bits per heavy atom. The minimum Gasteiger partial charge on any atom is -0.360 e. The van der Waals surface area contributed by atoms with Crippen LogP contribution in [0, 0.1) is 6.92 Å². The van der Waals surface area contributed by atoms with Gasteiger partial charge >= 0.3 is 0 Å². The summed E-state index contributed by atoms with van der Waals surface area (Å²) in [6.45, 7) is 7.37. The number of aromatic nitrogens is 1. The predicted molar refractivity (Wildman–Crippen MR) is 122 cm³/mol. The van der Waals surface area contributed by atoms with Crippen molar-refractivity contribution in [2.45, 2.75) is 32.4 Å². The first-order valence-electron chi connectivity index (χ1n) is 11.0.